The SMILES string of the molecule is CC(C)C[C@@H]1NC(=O)[C@H](Cc2ccccc2)NC(=O)CNC(=O)[C@H](Cc2ccc(O)cc2)NC(=O)[C@@H](C)NC(=O)[C@H](CCC(=O)O)NC(=O)[C@H](CCC(N)=O)NC(=O)CNC(=O)[C@H](Cc2c[nH]c3ccccc23)NC1=O. The van der Waals surface area contributed by atoms with E-state index >= 15 is 0 Å². The van der Waals surface area contributed by atoms with Crippen LogP contribution in [-0.2, 0) is 72.0 Å². The number of aromatic amines is 1. The minimum absolute atomic E-state index is 0.0588. The third-order valence-electron chi connectivity index (χ3n) is 12.2. The topological polar surface area (TPSA) is 378 Å². The maximum atomic E-state index is 14.4. The molecular formula is C52H65N11O13. The molecule has 0 bridgehead atoms. The van der Waals surface area contributed by atoms with Crippen molar-refractivity contribution in [2.45, 2.75) is 114 Å². The zero-order valence-corrected chi connectivity index (χ0v) is 42.2. The lowest BCUT2D eigenvalue weighted by Gasteiger charge is -2.26. The van der Waals surface area contributed by atoms with Gasteiger partial charge in [-0.2, -0.15) is 0 Å². The largest absolute Gasteiger partial charge is 0.508 e. The first-order valence-corrected chi connectivity index (χ1v) is 24.7. The molecule has 1 aliphatic heterocycles. The number of carboxylic acids is 1. The van der Waals surface area contributed by atoms with Gasteiger partial charge in [0.1, 0.15) is 48.0 Å². The minimum Gasteiger partial charge on any atom is -0.508 e. The number of carbonyl (C=O) groups is 11. The molecule has 3 aromatic carbocycles. The predicted molar refractivity (Wildman–Crippen MR) is 274 cm³/mol. The second-order valence-electron chi connectivity index (χ2n) is 18.8. The highest BCUT2D eigenvalue weighted by atomic mass is 16.4. The molecule has 406 valence electrons. The maximum absolute atomic E-state index is 14.4. The van der Waals surface area contributed by atoms with Crippen LogP contribution in [0.15, 0.2) is 85.1 Å². The van der Waals surface area contributed by atoms with Gasteiger partial charge in [0.2, 0.25) is 59.1 Å². The smallest absolute Gasteiger partial charge is 0.303 e. The number of amides is 10. The molecule has 0 spiro atoms. The second-order valence-corrected chi connectivity index (χ2v) is 18.8. The lowest BCUT2D eigenvalue weighted by molar-refractivity contribution is -0.138. The van der Waals surface area contributed by atoms with Crippen molar-refractivity contribution in [2.24, 2.45) is 11.7 Å². The number of para-hydroxylation sites is 1. The lowest BCUT2D eigenvalue weighted by Crippen LogP contribution is -2.59. The number of primary amides is 1. The van der Waals surface area contributed by atoms with Gasteiger partial charge in [-0.25, -0.2) is 0 Å². The zero-order valence-electron chi connectivity index (χ0n) is 42.2. The highest BCUT2D eigenvalue weighted by Gasteiger charge is 2.34. The van der Waals surface area contributed by atoms with Gasteiger partial charge in [0, 0.05) is 49.2 Å². The van der Waals surface area contributed by atoms with Crippen molar-refractivity contribution in [1.82, 2.24) is 52.8 Å². The van der Waals surface area contributed by atoms with Crippen molar-refractivity contribution in [3.05, 3.63) is 102 Å². The second kappa shape index (κ2) is 28.0. The number of nitrogens with one attached hydrogen (secondary N) is 10. The number of aliphatic carboxylic acids is 1. The van der Waals surface area contributed by atoms with Gasteiger partial charge in [-0.1, -0.05) is 74.5 Å². The average Bonchev–Trinajstić information content (AvgIpc) is 3.79. The van der Waals surface area contributed by atoms with Crippen LogP contribution in [0.25, 0.3) is 10.9 Å². The fourth-order valence-corrected chi connectivity index (χ4v) is 8.23. The molecule has 1 aromatic heterocycles. The molecule has 1 saturated heterocycles. The Kier molecular flexibility index (Phi) is 21.4. The van der Waals surface area contributed by atoms with Gasteiger partial charge < -0.3 is 68.8 Å². The van der Waals surface area contributed by atoms with Crippen LogP contribution in [0.5, 0.6) is 5.75 Å². The quantitative estimate of drug-likeness (QED) is 0.0702. The van der Waals surface area contributed by atoms with E-state index in [0.717, 1.165) is 10.9 Å². The first-order valence-electron chi connectivity index (χ1n) is 24.7. The van der Waals surface area contributed by atoms with E-state index in [9.17, 15) is 63.0 Å². The molecular weight excluding hydrogens is 987 g/mol. The van der Waals surface area contributed by atoms with Crippen molar-refractivity contribution in [1.29, 1.82) is 0 Å². The van der Waals surface area contributed by atoms with Gasteiger partial charge in [-0.15, -0.1) is 0 Å². The number of rotatable bonds is 14. The van der Waals surface area contributed by atoms with Crippen molar-refractivity contribution in [3.8, 4) is 5.75 Å². The summed E-state index contributed by atoms with van der Waals surface area (Å²) in [6.45, 7) is 3.35. The highest BCUT2D eigenvalue weighted by Crippen LogP contribution is 2.20. The fourth-order valence-electron chi connectivity index (χ4n) is 8.23. The monoisotopic (exact) mass is 1050 g/mol. The van der Waals surface area contributed by atoms with Crippen molar-refractivity contribution < 1.29 is 63.0 Å². The Morgan fingerprint density at radius 3 is 1.64 bits per heavy atom. The number of phenolic OH excluding ortho intramolecular Hbond substituents is 1. The van der Waals surface area contributed by atoms with Crippen LogP contribution >= 0.6 is 0 Å². The molecule has 2 heterocycles. The number of carbonyl (C=O) groups excluding carboxylic acids is 10. The molecule has 14 N–H and O–H groups in total. The van der Waals surface area contributed by atoms with E-state index in [1.54, 1.807) is 74.6 Å². The molecule has 0 aliphatic carbocycles. The first-order chi connectivity index (χ1) is 36.1. The van der Waals surface area contributed by atoms with Gasteiger partial charge >= 0.3 is 5.97 Å². The average molecular weight is 1050 g/mol. The summed E-state index contributed by atoms with van der Waals surface area (Å²) >= 11 is 0. The summed E-state index contributed by atoms with van der Waals surface area (Å²) in [6, 6.07) is 11.4. The molecule has 5 rings (SSSR count). The number of fused-ring (bicyclic) bond motifs is 1. The van der Waals surface area contributed by atoms with Crippen molar-refractivity contribution in [3.63, 3.8) is 0 Å². The van der Waals surface area contributed by atoms with Crippen LogP contribution < -0.4 is 53.6 Å². The number of aromatic nitrogens is 1. The Morgan fingerprint density at radius 2 is 1.03 bits per heavy atom. The summed E-state index contributed by atoms with van der Waals surface area (Å²) in [5.41, 5.74) is 7.77. The van der Waals surface area contributed by atoms with Crippen LogP contribution in [-0.4, -0.2) is 136 Å². The van der Waals surface area contributed by atoms with Crippen molar-refractivity contribution >= 4 is 75.9 Å². The van der Waals surface area contributed by atoms with E-state index in [4.69, 9.17) is 5.73 Å². The molecule has 0 saturated carbocycles. The van der Waals surface area contributed by atoms with E-state index in [1.807, 2.05) is 0 Å². The van der Waals surface area contributed by atoms with Crippen LogP contribution in [0.1, 0.15) is 69.6 Å². The minimum atomic E-state index is -1.65. The summed E-state index contributed by atoms with van der Waals surface area (Å²) in [5, 5.41) is 42.9. The van der Waals surface area contributed by atoms with Crippen LogP contribution in [0.2, 0.25) is 0 Å². The molecule has 24 nitrogen and oxygen atoms in total. The Hall–Kier alpha value is -8.83. The number of aromatic hydroxyl groups is 1. The van der Waals surface area contributed by atoms with E-state index in [1.165, 1.54) is 31.2 Å². The molecule has 4 aromatic rings. The molecule has 0 radical (unpaired) electrons. The number of nitrogens with two attached hydrogens (primary N) is 1. The Balaban J connectivity index is 1.52. The molecule has 10 amide bonds. The standard InChI is InChI=1S/C52H65N11O13/c1-28(2)21-38-51(75)63-41(24-32-25-54-35-12-8-7-11-34(32)35)48(72)56-26-43(66)58-36(17-19-42(53)65)50(74)60-37(18-20-45(68)69)49(73)57-29(3)46(70)61-39(23-31-13-15-33(64)16-14-31)47(71)55-27-44(67)59-40(52(76)62-38)22-30-9-5-4-6-10-30/h4-16,25,28-29,36-41,54,64H,17-24,26-27H2,1-3H3,(H2,53,65)(H,55,71)(H,56,72)(H,57,73)(H,58,66)(H,59,67)(H,60,74)(H,61,70)(H,62,76)(H,63,75)(H,68,69)/t29-,36+,37+,38+,39+,40+,41+/m1/s1. The van der Waals surface area contributed by atoms with E-state index < -0.39 is 146 Å². The zero-order chi connectivity index (χ0) is 55.5. The van der Waals surface area contributed by atoms with Crippen molar-refractivity contribution in [2.75, 3.05) is 13.1 Å². The van der Waals surface area contributed by atoms with Crippen LogP contribution in [0, 0.1) is 5.92 Å². The number of benzene rings is 3. The lowest BCUT2D eigenvalue weighted by atomic mass is 9.99. The highest BCUT2D eigenvalue weighted by molar-refractivity contribution is 5.99. The van der Waals surface area contributed by atoms with E-state index in [2.05, 4.69) is 52.8 Å². The van der Waals surface area contributed by atoms with E-state index in [-0.39, 0.29) is 37.4 Å². The summed E-state index contributed by atoms with van der Waals surface area (Å²) in [7, 11) is 0. The molecule has 76 heavy (non-hydrogen) atoms. The summed E-state index contributed by atoms with van der Waals surface area (Å²) in [5.74, 6) is -10.7. The number of carboxylic acid groups (broad SMARTS) is 1. The van der Waals surface area contributed by atoms with Gasteiger partial charge in [0.05, 0.1) is 13.1 Å². The summed E-state index contributed by atoms with van der Waals surface area (Å²) in [4.78, 5) is 152. The van der Waals surface area contributed by atoms with Gasteiger partial charge in [0.15, 0.2) is 0 Å². The molecule has 7 atom stereocenters. The Morgan fingerprint density at radius 1 is 0.553 bits per heavy atom. The van der Waals surface area contributed by atoms with Crippen LogP contribution in [0.3, 0.4) is 0 Å². The fraction of sp³-hybridized carbons (Fsp3) is 0.404. The van der Waals surface area contributed by atoms with E-state index in [0.29, 0.717) is 16.7 Å². The third-order valence-corrected chi connectivity index (χ3v) is 12.2. The molecule has 1 aliphatic rings. The predicted octanol–water partition coefficient (Wildman–Crippen LogP) is -1.26. The van der Waals surface area contributed by atoms with Gasteiger partial charge in [0.25, 0.3) is 0 Å². The Bertz CT molecular complexity index is 2750. The normalized spacial score (nSPS) is 22.3. The molecule has 0 unspecified atom stereocenters. The number of H-pyrrole nitrogens is 1. The Labute approximate surface area is 437 Å². The maximum Gasteiger partial charge on any atom is 0.303 e. The van der Waals surface area contributed by atoms with Crippen LogP contribution in [0.4, 0.5) is 0 Å². The first kappa shape index (κ1) is 58.1. The number of hydrogen-bond donors (Lipinski definition) is 13. The van der Waals surface area contributed by atoms with Gasteiger partial charge in [-0.3, -0.25) is 52.7 Å². The molecule has 1 fully saturated rings. The third kappa shape index (κ3) is 18.3. The molecule has 24 heteroatoms. The van der Waals surface area contributed by atoms with Gasteiger partial charge in [-0.05, 0) is 67.0 Å². The number of hydrogen-bond acceptors (Lipinski definition) is 12. The number of phenols is 1. The summed E-state index contributed by atoms with van der Waals surface area (Å²) in [6.07, 6.45) is -0.708. The summed E-state index contributed by atoms with van der Waals surface area (Å²) < 4.78 is 0.